The third kappa shape index (κ3) is 7.01. The van der Waals surface area contributed by atoms with Gasteiger partial charge in [-0.2, -0.15) is 0 Å². The highest BCUT2D eigenvalue weighted by Crippen LogP contribution is 2.21. The first kappa shape index (κ1) is 21.6. The number of para-hydroxylation sites is 1. The van der Waals surface area contributed by atoms with Crippen LogP contribution in [0.3, 0.4) is 0 Å². The molecular weight excluding hydrogens is 368 g/mol. The van der Waals surface area contributed by atoms with Gasteiger partial charge in [-0.25, -0.2) is 0 Å². The van der Waals surface area contributed by atoms with Crippen LogP contribution < -0.4 is 15.5 Å². The number of amides is 1. The molecule has 2 N–H and O–H groups in total. The number of rotatable bonds is 9. The van der Waals surface area contributed by atoms with Crippen molar-refractivity contribution in [1.82, 2.24) is 10.6 Å². The van der Waals surface area contributed by atoms with E-state index in [1.807, 2.05) is 42.2 Å². The van der Waals surface area contributed by atoms with Crippen molar-refractivity contribution in [3.8, 4) is 0 Å². The SMILES string of the molecule is CCNC(=NCCCOCC1CCOCC1)NC1CC(=O)N(c2ccccc2)C1. The van der Waals surface area contributed by atoms with Crippen LogP contribution in [0.4, 0.5) is 5.69 Å². The molecule has 29 heavy (non-hydrogen) atoms. The second-order valence-electron chi connectivity index (χ2n) is 7.63. The lowest BCUT2D eigenvalue weighted by Crippen LogP contribution is -2.44. The number of anilines is 1. The summed E-state index contributed by atoms with van der Waals surface area (Å²) < 4.78 is 11.2. The predicted octanol–water partition coefficient (Wildman–Crippen LogP) is 2.18. The van der Waals surface area contributed by atoms with Gasteiger partial charge in [0.1, 0.15) is 0 Å². The Bertz CT molecular complexity index is 647. The quantitative estimate of drug-likeness (QED) is 0.376. The molecular formula is C22H34N4O3. The maximum Gasteiger partial charge on any atom is 0.229 e. The molecule has 1 atom stereocenters. The molecule has 0 aliphatic carbocycles. The predicted molar refractivity (Wildman–Crippen MR) is 115 cm³/mol. The van der Waals surface area contributed by atoms with Crippen molar-refractivity contribution in [3.05, 3.63) is 30.3 Å². The van der Waals surface area contributed by atoms with Gasteiger partial charge in [0.05, 0.1) is 6.04 Å². The van der Waals surface area contributed by atoms with E-state index in [1.165, 1.54) is 0 Å². The highest BCUT2D eigenvalue weighted by molar-refractivity contribution is 5.97. The van der Waals surface area contributed by atoms with Crippen molar-refractivity contribution < 1.29 is 14.3 Å². The number of ether oxygens (including phenoxy) is 2. The first-order chi connectivity index (χ1) is 14.3. The van der Waals surface area contributed by atoms with E-state index in [1.54, 1.807) is 0 Å². The van der Waals surface area contributed by atoms with Crippen LogP contribution in [-0.4, -0.2) is 64.0 Å². The summed E-state index contributed by atoms with van der Waals surface area (Å²) in [5, 5.41) is 6.69. The normalized spacial score (nSPS) is 20.9. The summed E-state index contributed by atoms with van der Waals surface area (Å²) in [7, 11) is 0. The van der Waals surface area contributed by atoms with E-state index in [9.17, 15) is 4.79 Å². The Kier molecular flexibility index (Phi) is 8.77. The number of hydrogen-bond donors (Lipinski definition) is 2. The van der Waals surface area contributed by atoms with Gasteiger partial charge in [-0.3, -0.25) is 9.79 Å². The maximum absolute atomic E-state index is 12.4. The fourth-order valence-electron chi connectivity index (χ4n) is 3.70. The minimum absolute atomic E-state index is 0.0604. The lowest BCUT2D eigenvalue weighted by atomic mass is 10.0. The molecule has 7 nitrogen and oxygen atoms in total. The molecule has 2 aliphatic heterocycles. The smallest absolute Gasteiger partial charge is 0.229 e. The van der Waals surface area contributed by atoms with Crippen LogP contribution in [0, 0.1) is 5.92 Å². The highest BCUT2D eigenvalue weighted by atomic mass is 16.5. The van der Waals surface area contributed by atoms with Crippen LogP contribution in [0.25, 0.3) is 0 Å². The fraction of sp³-hybridized carbons (Fsp3) is 0.636. The van der Waals surface area contributed by atoms with Crippen LogP contribution in [0.15, 0.2) is 35.3 Å². The van der Waals surface area contributed by atoms with Crippen LogP contribution in [-0.2, 0) is 14.3 Å². The molecule has 160 valence electrons. The van der Waals surface area contributed by atoms with Crippen LogP contribution in [0.1, 0.15) is 32.6 Å². The molecule has 2 heterocycles. The Morgan fingerprint density at radius 3 is 2.83 bits per heavy atom. The standard InChI is InChI=1S/C22H34N4O3/c1-2-23-22(24-11-6-12-29-17-18-9-13-28-14-10-18)25-19-15-21(27)26(16-19)20-7-4-3-5-8-20/h3-5,7-8,18-19H,2,6,9-17H2,1H3,(H2,23,24,25). The number of carbonyl (C=O) groups excluding carboxylic acids is 1. The molecule has 2 saturated heterocycles. The second kappa shape index (κ2) is 11.8. The van der Waals surface area contributed by atoms with Gasteiger partial charge in [-0.1, -0.05) is 18.2 Å². The van der Waals surface area contributed by atoms with E-state index >= 15 is 0 Å². The summed E-state index contributed by atoms with van der Waals surface area (Å²) in [5.74, 6) is 1.55. The molecule has 1 amide bonds. The third-order valence-electron chi connectivity index (χ3n) is 5.29. The molecule has 0 saturated carbocycles. The molecule has 2 aliphatic rings. The maximum atomic E-state index is 12.4. The van der Waals surface area contributed by atoms with E-state index in [0.29, 0.717) is 25.4 Å². The van der Waals surface area contributed by atoms with Crippen molar-refractivity contribution in [2.45, 2.75) is 38.6 Å². The summed E-state index contributed by atoms with van der Waals surface area (Å²) in [5.41, 5.74) is 0.949. The van der Waals surface area contributed by atoms with Crippen molar-refractivity contribution in [3.63, 3.8) is 0 Å². The lowest BCUT2D eigenvalue weighted by molar-refractivity contribution is -0.117. The van der Waals surface area contributed by atoms with Crippen LogP contribution in [0.2, 0.25) is 0 Å². The van der Waals surface area contributed by atoms with Gasteiger partial charge in [0, 0.05) is 58.2 Å². The molecule has 7 heteroatoms. The Labute approximate surface area is 173 Å². The van der Waals surface area contributed by atoms with E-state index in [0.717, 1.165) is 63.9 Å². The van der Waals surface area contributed by atoms with Crippen LogP contribution >= 0.6 is 0 Å². The molecule has 0 spiro atoms. The monoisotopic (exact) mass is 402 g/mol. The molecule has 2 fully saturated rings. The van der Waals surface area contributed by atoms with Crippen molar-refractivity contribution in [2.24, 2.45) is 10.9 Å². The summed E-state index contributed by atoms with van der Waals surface area (Å²) in [6.45, 7) is 7.46. The van der Waals surface area contributed by atoms with Gasteiger partial charge in [0.2, 0.25) is 5.91 Å². The number of benzene rings is 1. The Hall–Kier alpha value is -2.12. The first-order valence-corrected chi connectivity index (χ1v) is 10.8. The molecule has 0 radical (unpaired) electrons. The fourth-order valence-corrected chi connectivity index (χ4v) is 3.70. The van der Waals surface area contributed by atoms with Crippen molar-refractivity contribution in [1.29, 1.82) is 0 Å². The van der Waals surface area contributed by atoms with Crippen molar-refractivity contribution >= 4 is 17.6 Å². The topological polar surface area (TPSA) is 75.2 Å². The van der Waals surface area contributed by atoms with Gasteiger partial charge in [-0.05, 0) is 44.2 Å². The number of hydrogen-bond acceptors (Lipinski definition) is 4. The van der Waals surface area contributed by atoms with Gasteiger partial charge < -0.3 is 25.0 Å². The summed E-state index contributed by atoms with van der Waals surface area (Å²) >= 11 is 0. The Balaban J connectivity index is 1.39. The summed E-state index contributed by atoms with van der Waals surface area (Å²) in [6, 6.07) is 9.88. The van der Waals surface area contributed by atoms with Crippen LogP contribution in [0.5, 0.6) is 0 Å². The van der Waals surface area contributed by atoms with E-state index in [-0.39, 0.29) is 11.9 Å². The number of guanidine groups is 1. The molecule has 1 aromatic carbocycles. The first-order valence-electron chi connectivity index (χ1n) is 10.8. The highest BCUT2D eigenvalue weighted by Gasteiger charge is 2.31. The largest absolute Gasteiger partial charge is 0.381 e. The number of nitrogens with one attached hydrogen (secondary N) is 2. The molecule has 0 bridgehead atoms. The minimum atomic E-state index is 0.0604. The van der Waals surface area contributed by atoms with E-state index < -0.39 is 0 Å². The number of nitrogens with zero attached hydrogens (tertiary/aromatic N) is 2. The molecule has 0 aromatic heterocycles. The van der Waals surface area contributed by atoms with Gasteiger partial charge in [0.25, 0.3) is 0 Å². The third-order valence-corrected chi connectivity index (χ3v) is 5.29. The lowest BCUT2D eigenvalue weighted by Gasteiger charge is -2.21. The number of carbonyl (C=O) groups is 1. The number of aliphatic imine (C=N–C) groups is 1. The zero-order valence-corrected chi connectivity index (χ0v) is 17.4. The van der Waals surface area contributed by atoms with E-state index in [2.05, 4.69) is 15.6 Å². The van der Waals surface area contributed by atoms with Gasteiger partial charge >= 0.3 is 0 Å². The Morgan fingerprint density at radius 2 is 2.07 bits per heavy atom. The van der Waals surface area contributed by atoms with Gasteiger partial charge in [0.15, 0.2) is 5.96 Å². The van der Waals surface area contributed by atoms with Crippen molar-refractivity contribution in [2.75, 3.05) is 51.0 Å². The zero-order valence-electron chi connectivity index (χ0n) is 17.4. The summed E-state index contributed by atoms with van der Waals surface area (Å²) in [6.07, 6.45) is 3.58. The molecule has 1 aromatic rings. The zero-order chi connectivity index (χ0) is 20.3. The molecule has 1 unspecified atom stereocenters. The second-order valence-corrected chi connectivity index (χ2v) is 7.63. The van der Waals surface area contributed by atoms with E-state index in [4.69, 9.17) is 9.47 Å². The minimum Gasteiger partial charge on any atom is -0.381 e. The average molecular weight is 403 g/mol. The van der Waals surface area contributed by atoms with Gasteiger partial charge in [-0.15, -0.1) is 0 Å². The average Bonchev–Trinajstić information content (AvgIpc) is 3.12. The molecule has 3 rings (SSSR count). The Morgan fingerprint density at radius 1 is 1.28 bits per heavy atom. The summed E-state index contributed by atoms with van der Waals surface area (Å²) in [4.78, 5) is 18.9.